The van der Waals surface area contributed by atoms with Crippen molar-refractivity contribution in [3.8, 4) is 22.9 Å². The van der Waals surface area contributed by atoms with Crippen molar-refractivity contribution < 1.29 is 5.11 Å². The fourth-order valence-electron chi connectivity index (χ4n) is 2.20. The summed E-state index contributed by atoms with van der Waals surface area (Å²) < 4.78 is 2.23. The average Bonchev–Trinajstić information content (AvgIpc) is 2.54. The maximum absolute atomic E-state index is 12.3. The molecule has 0 spiro atoms. The second-order valence-electron chi connectivity index (χ2n) is 5.18. The molecule has 118 valence electrons. The van der Waals surface area contributed by atoms with Gasteiger partial charge in [-0.1, -0.05) is 29.8 Å². The van der Waals surface area contributed by atoms with Crippen molar-refractivity contribution in [1.82, 2.24) is 24.3 Å². The van der Waals surface area contributed by atoms with Crippen LogP contribution in [0.2, 0.25) is 0 Å². The Balaban J connectivity index is 2.33. The van der Waals surface area contributed by atoms with E-state index in [-0.39, 0.29) is 24.7 Å². The van der Waals surface area contributed by atoms with E-state index >= 15 is 0 Å². The largest absolute Gasteiger partial charge is 0.394 e. The second kappa shape index (κ2) is 5.73. The van der Waals surface area contributed by atoms with E-state index in [9.17, 15) is 14.7 Å². The highest BCUT2D eigenvalue weighted by Crippen LogP contribution is 2.19. The Bertz CT molecular complexity index is 943. The molecule has 1 aromatic carbocycles. The van der Waals surface area contributed by atoms with Crippen molar-refractivity contribution in [3.05, 3.63) is 50.7 Å². The molecule has 0 saturated heterocycles. The van der Waals surface area contributed by atoms with E-state index in [1.165, 1.54) is 11.7 Å². The highest BCUT2D eigenvalue weighted by atomic mass is 16.3. The molecule has 0 fully saturated rings. The Morgan fingerprint density at radius 1 is 1.13 bits per heavy atom. The summed E-state index contributed by atoms with van der Waals surface area (Å²) in [5, 5.41) is 13.5. The Morgan fingerprint density at radius 2 is 1.83 bits per heavy atom. The van der Waals surface area contributed by atoms with Crippen LogP contribution < -0.4 is 11.2 Å². The first kappa shape index (κ1) is 15.0. The van der Waals surface area contributed by atoms with Gasteiger partial charge in [-0.2, -0.15) is 10.1 Å². The van der Waals surface area contributed by atoms with E-state index in [0.29, 0.717) is 5.82 Å². The van der Waals surface area contributed by atoms with E-state index in [4.69, 9.17) is 0 Å². The number of hydrogen-bond acceptors (Lipinski definition) is 6. The van der Waals surface area contributed by atoms with Gasteiger partial charge in [0.15, 0.2) is 17.3 Å². The van der Waals surface area contributed by atoms with Gasteiger partial charge < -0.3 is 5.11 Å². The van der Waals surface area contributed by atoms with Gasteiger partial charge in [0.2, 0.25) is 0 Å². The molecular weight excluding hydrogens is 298 g/mol. The first-order valence-electron chi connectivity index (χ1n) is 7.05. The molecule has 23 heavy (non-hydrogen) atoms. The third-order valence-electron chi connectivity index (χ3n) is 3.51. The van der Waals surface area contributed by atoms with Gasteiger partial charge in [-0.05, 0) is 6.92 Å². The summed E-state index contributed by atoms with van der Waals surface area (Å²) in [6, 6.07) is 7.52. The van der Waals surface area contributed by atoms with E-state index < -0.39 is 11.2 Å². The number of aryl methyl sites for hydroxylation is 1. The molecular formula is C15H15N5O3. The van der Waals surface area contributed by atoms with E-state index in [1.54, 1.807) is 0 Å². The summed E-state index contributed by atoms with van der Waals surface area (Å²) in [6.07, 6.45) is 0. The maximum atomic E-state index is 12.3. The molecule has 0 aliphatic carbocycles. The van der Waals surface area contributed by atoms with Crippen LogP contribution in [0, 0.1) is 6.92 Å². The summed E-state index contributed by atoms with van der Waals surface area (Å²) in [6.45, 7) is 1.87. The molecule has 0 atom stereocenters. The van der Waals surface area contributed by atoms with Crippen LogP contribution in [0.15, 0.2) is 33.9 Å². The number of aromatic nitrogens is 5. The number of aliphatic hydroxyl groups is 1. The van der Waals surface area contributed by atoms with Gasteiger partial charge in [-0.25, -0.2) is 14.5 Å². The van der Waals surface area contributed by atoms with E-state index in [1.807, 2.05) is 31.2 Å². The topological polar surface area (TPSA) is 103 Å². The standard InChI is InChI=1S/C15H15N5O3/c1-9-3-5-10(6-4-9)12-16-11-13(20(18-12)7-8-21)17-15(23)19(2)14(11)22/h3-6,21H,7-8H2,1-2H3. The van der Waals surface area contributed by atoms with E-state index in [2.05, 4.69) is 15.1 Å². The molecule has 2 aliphatic heterocycles. The molecule has 3 rings (SSSR count). The van der Waals surface area contributed by atoms with E-state index in [0.717, 1.165) is 15.7 Å². The van der Waals surface area contributed by atoms with Crippen LogP contribution in [0.5, 0.6) is 0 Å². The van der Waals surface area contributed by atoms with Crippen molar-refractivity contribution in [1.29, 1.82) is 0 Å². The van der Waals surface area contributed by atoms with Crippen molar-refractivity contribution in [2.75, 3.05) is 6.61 Å². The number of aliphatic hydroxyl groups excluding tert-OH is 1. The van der Waals surface area contributed by atoms with Crippen molar-refractivity contribution in [2.45, 2.75) is 13.5 Å². The first-order chi connectivity index (χ1) is 11.0. The molecule has 1 aromatic rings. The van der Waals surface area contributed by atoms with Crippen LogP contribution >= 0.6 is 0 Å². The third-order valence-corrected chi connectivity index (χ3v) is 3.51. The van der Waals surface area contributed by atoms with Gasteiger partial charge in [0.25, 0.3) is 5.56 Å². The Kier molecular flexibility index (Phi) is 3.75. The molecule has 0 amide bonds. The normalized spacial score (nSPS) is 11.1. The lowest BCUT2D eigenvalue weighted by atomic mass is 10.1. The van der Waals surface area contributed by atoms with Crippen LogP contribution in [0.3, 0.4) is 0 Å². The average molecular weight is 313 g/mol. The molecule has 0 unspecified atom stereocenters. The van der Waals surface area contributed by atoms with Gasteiger partial charge in [0.05, 0.1) is 13.2 Å². The molecule has 8 heteroatoms. The number of benzene rings is 1. The summed E-state index contributed by atoms with van der Waals surface area (Å²) in [5.41, 5.74) is 0.651. The number of hydrogen-bond donors (Lipinski definition) is 1. The number of nitrogens with zero attached hydrogens (tertiary/aromatic N) is 5. The minimum atomic E-state index is -0.680. The zero-order valence-electron chi connectivity index (χ0n) is 12.7. The van der Waals surface area contributed by atoms with Crippen LogP contribution in [0.4, 0.5) is 0 Å². The van der Waals surface area contributed by atoms with Gasteiger partial charge in [-0.3, -0.25) is 9.36 Å². The van der Waals surface area contributed by atoms with Gasteiger partial charge in [0, 0.05) is 12.6 Å². The molecule has 0 aromatic heterocycles. The maximum Gasteiger partial charge on any atom is 0.352 e. The summed E-state index contributed by atoms with van der Waals surface area (Å²) in [7, 11) is 1.35. The van der Waals surface area contributed by atoms with Crippen molar-refractivity contribution >= 4 is 0 Å². The fourth-order valence-corrected chi connectivity index (χ4v) is 2.20. The molecule has 0 bridgehead atoms. The number of rotatable bonds is 3. The number of fused-ring (bicyclic) bond motifs is 1. The van der Waals surface area contributed by atoms with Crippen molar-refractivity contribution in [3.63, 3.8) is 0 Å². The third kappa shape index (κ3) is 2.64. The minimum absolute atomic E-state index is 0.0473. The predicted molar refractivity (Wildman–Crippen MR) is 83.2 cm³/mol. The smallest absolute Gasteiger partial charge is 0.352 e. The van der Waals surface area contributed by atoms with Crippen LogP contribution in [-0.2, 0) is 13.6 Å². The Labute approximate surface area is 131 Å². The van der Waals surface area contributed by atoms with Crippen LogP contribution in [-0.4, -0.2) is 36.0 Å². The lowest BCUT2D eigenvalue weighted by molar-refractivity contribution is 0.268. The zero-order chi connectivity index (χ0) is 16.6. The fraction of sp³-hybridized carbons (Fsp3) is 0.267. The zero-order valence-corrected chi connectivity index (χ0v) is 12.7. The van der Waals surface area contributed by atoms with Crippen LogP contribution in [0.25, 0.3) is 22.9 Å². The quantitative estimate of drug-likeness (QED) is 0.718. The highest BCUT2D eigenvalue weighted by molar-refractivity contribution is 5.59. The summed E-state index contributed by atoms with van der Waals surface area (Å²) in [4.78, 5) is 32.1. The van der Waals surface area contributed by atoms with Crippen LogP contribution in [0.1, 0.15) is 5.56 Å². The monoisotopic (exact) mass is 313 g/mol. The molecule has 0 saturated carbocycles. The first-order valence-corrected chi connectivity index (χ1v) is 7.05. The Hall–Kier alpha value is -2.87. The minimum Gasteiger partial charge on any atom is -0.394 e. The van der Waals surface area contributed by atoms with Crippen molar-refractivity contribution in [2.24, 2.45) is 7.05 Å². The summed E-state index contributed by atoms with van der Waals surface area (Å²) in [5.74, 6) is 0.409. The van der Waals surface area contributed by atoms with Gasteiger partial charge in [0.1, 0.15) is 0 Å². The highest BCUT2D eigenvalue weighted by Gasteiger charge is 2.20. The molecule has 2 aliphatic rings. The molecule has 1 N–H and O–H groups in total. The van der Waals surface area contributed by atoms with Gasteiger partial charge >= 0.3 is 5.69 Å². The van der Waals surface area contributed by atoms with Gasteiger partial charge in [-0.15, -0.1) is 0 Å². The summed E-state index contributed by atoms with van der Waals surface area (Å²) >= 11 is 0. The molecule has 8 nitrogen and oxygen atoms in total. The molecule has 2 heterocycles. The lowest BCUT2D eigenvalue weighted by Crippen LogP contribution is -2.37. The predicted octanol–water partition coefficient (Wildman–Crippen LogP) is -0.195. The SMILES string of the molecule is Cc1ccc(-c2nc3c(=O)n(C)c(=O)nc-3n(CCO)n2)cc1. The Morgan fingerprint density at radius 3 is 2.48 bits per heavy atom. The molecule has 0 radical (unpaired) electrons. The second-order valence-corrected chi connectivity index (χ2v) is 5.18. The lowest BCUT2D eigenvalue weighted by Gasteiger charge is -2.13.